The van der Waals surface area contributed by atoms with Crippen LogP contribution in [0.1, 0.15) is 0 Å². The highest BCUT2D eigenvalue weighted by Crippen LogP contribution is 2.35. The number of nitrogens with zero attached hydrogens (tertiary/aromatic N) is 5. The lowest BCUT2D eigenvalue weighted by Gasteiger charge is -2.11. The fourth-order valence-electron chi connectivity index (χ4n) is 6.30. The van der Waals surface area contributed by atoms with Gasteiger partial charge < -0.3 is 0 Å². The van der Waals surface area contributed by atoms with Gasteiger partial charge in [-0.2, -0.15) is 0 Å². The van der Waals surface area contributed by atoms with Crippen molar-refractivity contribution in [1.29, 1.82) is 0 Å². The Balaban J connectivity index is 1.17. The van der Waals surface area contributed by atoms with Crippen LogP contribution in [0.15, 0.2) is 164 Å². The van der Waals surface area contributed by atoms with E-state index in [0.717, 1.165) is 78.0 Å². The number of imidazole rings is 1. The standard InChI is InChI=1S/C42H27N5/c1-3-12-28(13-4-1)32-16-11-17-33(26-32)41-43-36(29-14-5-2-6-15-29)27-37(44-41)30-21-23-31(24-22-30)39-34-18-7-8-19-35(34)40-42(46-39)47-25-10-9-20-38(47)45-40/h1-27H. The summed E-state index contributed by atoms with van der Waals surface area (Å²) in [6.07, 6.45) is 2.02. The van der Waals surface area contributed by atoms with Crippen LogP contribution in [-0.2, 0) is 0 Å². The molecule has 0 aliphatic rings. The molecule has 0 atom stereocenters. The molecule has 4 aromatic heterocycles. The lowest BCUT2D eigenvalue weighted by Crippen LogP contribution is -1.96. The molecule has 0 amide bonds. The highest BCUT2D eigenvalue weighted by molar-refractivity contribution is 6.09. The van der Waals surface area contributed by atoms with E-state index in [1.54, 1.807) is 0 Å². The fourth-order valence-corrected chi connectivity index (χ4v) is 6.30. The maximum atomic E-state index is 5.18. The molecule has 0 aliphatic carbocycles. The van der Waals surface area contributed by atoms with Crippen molar-refractivity contribution in [3.8, 4) is 56.3 Å². The summed E-state index contributed by atoms with van der Waals surface area (Å²) >= 11 is 0. The molecule has 220 valence electrons. The van der Waals surface area contributed by atoms with E-state index in [1.165, 1.54) is 0 Å². The minimum Gasteiger partial charge on any atom is -0.284 e. The normalized spacial score (nSPS) is 11.4. The van der Waals surface area contributed by atoms with Crippen molar-refractivity contribution in [2.24, 2.45) is 0 Å². The molecule has 0 bridgehead atoms. The minimum atomic E-state index is 0.689. The van der Waals surface area contributed by atoms with E-state index in [2.05, 4.69) is 120 Å². The summed E-state index contributed by atoms with van der Waals surface area (Å²) in [6.45, 7) is 0. The molecule has 0 saturated carbocycles. The Bertz CT molecular complexity index is 2550. The smallest absolute Gasteiger partial charge is 0.165 e. The maximum absolute atomic E-state index is 5.18. The Hall–Kier alpha value is -6.46. The molecule has 0 aliphatic heterocycles. The lowest BCUT2D eigenvalue weighted by atomic mass is 10.0. The van der Waals surface area contributed by atoms with Crippen molar-refractivity contribution < 1.29 is 0 Å². The van der Waals surface area contributed by atoms with E-state index in [9.17, 15) is 0 Å². The van der Waals surface area contributed by atoms with Gasteiger partial charge in [-0.15, -0.1) is 0 Å². The molecule has 5 nitrogen and oxygen atoms in total. The second-order valence-corrected chi connectivity index (χ2v) is 11.6. The first kappa shape index (κ1) is 26.9. The van der Waals surface area contributed by atoms with Gasteiger partial charge in [-0.1, -0.05) is 133 Å². The monoisotopic (exact) mass is 601 g/mol. The van der Waals surface area contributed by atoms with E-state index >= 15 is 0 Å². The Kier molecular flexibility index (Phi) is 6.39. The van der Waals surface area contributed by atoms with E-state index in [0.29, 0.717) is 5.82 Å². The van der Waals surface area contributed by atoms with Gasteiger partial charge in [0, 0.05) is 39.2 Å². The second-order valence-electron chi connectivity index (χ2n) is 11.6. The predicted molar refractivity (Wildman–Crippen MR) is 191 cm³/mol. The molecule has 0 fully saturated rings. The molecular formula is C42H27N5. The Morgan fingerprint density at radius 1 is 0.383 bits per heavy atom. The van der Waals surface area contributed by atoms with Crippen LogP contribution in [0.5, 0.6) is 0 Å². The van der Waals surface area contributed by atoms with Crippen LogP contribution in [0, 0.1) is 0 Å². The van der Waals surface area contributed by atoms with Crippen molar-refractivity contribution in [1.82, 2.24) is 24.3 Å². The van der Waals surface area contributed by atoms with Crippen molar-refractivity contribution in [2.45, 2.75) is 0 Å². The van der Waals surface area contributed by atoms with Crippen molar-refractivity contribution in [3.05, 3.63) is 164 Å². The van der Waals surface area contributed by atoms with Crippen LogP contribution < -0.4 is 0 Å². The zero-order valence-electron chi connectivity index (χ0n) is 25.3. The molecule has 4 heterocycles. The van der Waals surface area contributed by atoms with Gasteiger partial charge in [0.15, 0.2) is 11.5 Å². The summed E-state index contributed by atoms with van der Waals surface area (Å²) in [5.41, 5.74) is 11.7. The zero-order chi connectivity index (χ0) is 31.2. The third kappa shape index (κ3) is 4.82. The molecule has 0 radical (unpaired) electrons. The van der Waals surface area contributed by atoms with Crippen LogP contribution in [0.2, 0.25) is 0 Å². The van der Waals surface area contributed by atoms with Gasteiger partial charge in [0.25, 0.3) is 0 Å². The molecule has 9 aromatic rings. The minimum absolute atomic E-state index is 0.689. The number of rotatable bonds is 5. The highest BCUT2D eigenvalue weighted by atomic mass is 15.1. The molecule has 0 saturated heterocycles. The SMILES string of the molecule is c1ccc(-c2cccc(-c3nc(-c4ccccc4)cc(-c4ccc(-c5nc6c(nc7ccccn76)c6ccccc56)cc4)n3)c2)cc1. The van der Waals surface area contributed by atoms with Crippen LogP contribution in [-0.4, -0.2) is 24.3 Å². The number of pyridine rings is 2. The number of fused-ring (bicyclic) bond motifs is 5. The van der Waals surface area contributed by atoms with Gasteiger partial charge in [-0.05, 0) is 35.4 Å². The van der Waals surface area contributed by atoms with Crippen LogP contribution >= 0.6 is 0 Å². The van der Waals surface area contributed by atoms with Gasteiger partial charge in [0.05, 0.1) is 17.1 Å². The van der Waals surface area contributed by atoms with Crippen molar-refractivity contribution in [2.75, 3.05) is 0 Å². The summed E-state index contributed by atoms with van der Waals surface area (Å²) in [4.78, 5) is 20.3. The second kappa shape index (κ2) is 11.2. The van der Waals surface area contributed by atoms with Crippen molar-refractivity contribution >= 4 is 27.6 Å². The quantitative estimate of drug-likeness (QED) is 0.197. The fraction of sp³-hybridized carbons (Fsp3) is 0. The van der Waals surface area contributed by atoms with E-state index in [-0.39, 0.29) is 0 Å². The Morgan fingerprint density at radius 2 is 0.979 bits per heavy atom. The summed E-state index contributed by atoms with van der Waals surface area (Å²) in [7, 11) is 0. The summed E-state index contributed by atoms with van der Waals surface area (Å²) in [5, 5.41) is 2.16. The molecular weight excluding hydrogens is 574 g/mol. The lowest BCUT2D eigenvalue weighted by molar-refractivity contribution is 1.18. The van der Waals surface area contributed by atoms with Gasteiger partial charge in [-0.3, -0.25) is 4.40 Å². The first-order chi connectivity index (χ1) is 23.3. The summed E-state index contributed by atoms with van der Waals surface area (Å²) in [5.74, 6) is 0.689. The topological polar surface area (TPSA) is 56.0 Å². The molecule has 0 spiro atoms. The third-order valence-corrected chi connectivity index (χ3v) is 8.64. The summed E-state index contributed by atoms with van der Waals surface area (Å²) in [6, 6.07) is 54.2. The summed E-state index contributed by atoms with van der Waals surface area (Å²) < 4.78 is 2.06. The van der Waals surface area contributed by atoms with Gasteiger partial charge in [0.2, 0.25) is 0 Å². The molecule has 0 N–H and O–H groups in total. The zero-order valence-corrected chi connectivity index (χ0v) is 25.3. The Labute approximate surface area is 271 Å². The van der Waals surface area contributed by atoms with Crippen molar-refractivity contribution in [3.63, 3.8) is 0 Å². The highest BCUT2D eigenvalue weighted by Gasteiger charge is 2.16. The largest absolute Gasteiger partial charge is 0.284 e. The van der Waals surface area contributed by atoms with Crippen LogP contribution in [0.4, 0.5) is 0 Å². The average Bonchev–Trinajstić information content (AvgIpc) is 3.54. The number of aromatic nitrogens is 5. The van der Waals surface area contributed by atoms with Gasteiger partial charge in [0.1, 0.15) is 11.2 Å². The van der Waals surface area contributed by atoms with E-state index < -0.39 is 0 Å². The first-order valence-corrected chi connectivity index (χ1v) is 15.7. The van der Waals surface area contributed by atoms with E-state index in [4.69, 9.17) is 19.9 Å². The number of benzene rings is 5. The number of hydrogen-bond acceptors (Lipinski definition) is 4. The molecule has 0 unspecified atom stereocenters. The molecule has 9 rings (SSSR count). The molecule has 47 heavy (non-hydrogen) atoms. The number of hydrogen-bond donors (Lipinski definition) is 0. The third-order valence-electron chi connectivity index (χ3n) is 8.64. The average molecular weight is 602 g/mol. The van der Waals surface area contributed by atoms with Crippen LogP contribution in [0.3, 0.4) is 0 Å². The maximum Gasteiger partial charge on any atom is 0.165 e. The molecule has 5 aromatic carbocycles. The van der Waals surface area contributed by atoms with Crippen LogP contribution in [0.25, 0.3) is 83.9 Å². The first-order valence-electron chi connectivity index (χ1n) is 15.7. The predicted octanol–water partition coefficient (Wildman–Crippen LogP) is 10.2. The molecule has 5 heteroatoms. The van der Waals surface area contributed by atoms with E-state index in [1.807, 2.05) is 48.7 Å². The van der Waals surface area contributed by atoms with Gasteiger partial charge in [-0.25, -0.2) is 19.9 Å². The van der Waals surface area contributed by atoms with Gasteiger partial charge >= 0.3 is 0 Å². The Morgan fingerprint density at radius 3 is 1.74 bits per heavy atom.